The van der Waals surface area contributed by atoms with Crippen LogP contribution in [0.1, 0.15) is 104 Å². The minimum atomic E-state index is -3.70. The molecule has 9 aromatic rings. The van der Waals surface area contributed by atoms with Crippen LogP contribution in [-0.2, 0) is 43.7 Å². The molecule has 502 valence electrons. The number of pyridine rings is 1. The number of nitrogens with one attached hydrogen (secondary N) is 6. The van der Waals surface area contributed by atoms with Crippen molar-refractivity contribution in [2.75, 3.05) is 16.0 Å². The zero-order valence-corrected chi connectivity index (χ0v) is 52.9. The fourth-order valence-corrected chi connectivity index (χ4v) is 13.2. The third-order valence-corrected chi connectivity index (χ3v) is 19.2. The van der Waals surface area contributed by atoms with Crippen LogP contribution in [0.3, 0.4) is 0 Å². The summed E-state index contributed by atoms with van der Waals surface area (Å²) in [6.07, 6.45) is -5.92. The summed E-state index contributed by atoms with van der Waals surface area (Å²) >= 11 is 0. The lowest BCUT2D eigenvalue weighted by Crippen LogP contribution is -2.28. The molecule has 0 spiro atoms. The number of aromatic amines is 1. The predicted octanol–water partition coefficient (Wildman–Crippen LogP) is 14.1. The number of aryl methyl sites for hydroxylation is 3. The molecular weight excluding hydrogens is 1290 g/mol. The van der Waals surface area contributed by atoms with Gasteiger partial charge in [-0.15, -0.1) is 26.3 Å². The van der Waals surface area contributed by atoms with Gasteiger partial charge in [0, 0.05) is 53.0 Å². The van der Waals surface area contributed by atoms with Gasteiger partial charge in [-0.1, -0.05) is 54.6 Å². The monoisotopic (exact) mass is 1350 g/mol. The van der Waals surface area contributed by atoms with Gasteiger partial charge >= 0.3 is 18.9 Å². The predicted molar refractivity (Wildman–Crippen MR) is 349 cm³/mol. The van der Waals surface area contributed by atoms with Gasteiger partial charge in [-0.3, -0.25) is 28.8 Å². The second-order valence-electron chi connectivity index (χ2n) is 25.7. The number of benzene rings is 8. The lowest BCUT2D eigenvalue weighted by atomic mass is 9.93. The van der Waals surface area contributed by atoms with E-state index in [-0.39, 0.29) is 69.6 Å². The van der Waals surface area contributed by atoms with E-state index < -0.39 is 35.1 Å². The van der Waals surface area contributed by atoms with Crippen molar-refractivity contribution in [2.24, 2.45) is 0 Å². The summed E-state index contributed by atoms with van der Waals surface area (Å²) in [5.74, 6) is -1.16. The average Bonchev–Trinajstić information content (AvgIpc) is 1.60. The molecule has 3 saturated carbocycles. The van der Waals surface area contributed by atoms with Gasteiger partial charge in [-0.2, -0.15) is 0 Å². The van der Waals surface area contributed by atoms with Crippen LogP contribution in [0.25, 0.3) is 33.4 Å². The van der Waals surface area contributed by atoms with E-state index in [1.54, 1.807) is 48.7 Å². The summed E-state index contributed by atoms with van der Waals surface area (Å²) in [6.45, 7) is 6.88. The van der Waals surface area contributed by atoms with E-state index in [4.69, 9.17) is 0 Å². The van der Waals surface area contributed by atoms with Crippen molar-refractivity contribution >= 4 is 46.6 Å². The number of H-pyrrole nitrogens is 1. The number of halogens is 6. The normalized spacial score (nSPS) is 17.9. The van der Waals surface area contributed by atoms with Gasteiger partial charge in [0.25, 0.3) is 17.4 Å². The first kappa shape index (κ1) is 63.5. The van der Waals surface area contributed by atoms with E-state index >= 15 is 0 Å². The minimum absolute atomic E-state index is 0.0422. The number of anilines is 3. The highest BCUT2D eigenvalue weighted by atomic mass is 19.3. The third kappa shape index (κ3) is 12.0. The molecule has 5 amide bonds. The van der Waals surface area contributed by atoms with Crippen LogP contribution in [0.15, 0.2) is 169 Å². The standard InChI is InChI=1S/2C26H20F2N2O4.C23H18F2N2O4/c1-14-2-5-18(12-20(14)15-3-6-19-16(10-15)13-29-23(19)31)30-24(32)25(8-9-25)17-4-7-21-22(11-17)34-26(27,28)33-21;1-14-2-6-18(12-19(14)15-3-4-16-13-29-23(31)20(16)10-15)30-24(32)25(8-9-25)17-5-7-21-22(11-17)34-26(27,28)33-21;1-13-4-6-15(12-17(13)16-3-2-10-26-20(16)28)27-21(29)22(8-9-22)14-5-7-18-19(11-14)31-23(24,25)30-18/h2*2-7,10-12H,8-9,13H2,1H3,(H,29,31)(H,30,32);2-7,10-12H,8-9H2,1H3,(H,26,28)(H,27,29). The van der Waals surface area contributed by atoms with Crippen LogP contribution in [0, 0.1) is 20.8 Å². The number of aromatic nitrogens is 1. The van der Waals surface area contributed by atoms with Crippen LogP contribution in [-0.4, -0.2) is 53.4 Å². The Kier molecular flexibility index (Phi) is 15.0. The lowest BCUT2D eigenvalue weighted by molar-refractivity contribution is -0.287. The van der Waals surface area contributed by atoms with Crippen LogP contribution in [0.2, 0.25) is 0 Å². The molecule has 17 rings (SSSR count). The number of rotatable bonds is 12. The molecule has 0 saturated heterocycles. The lowest BCUT2D eigenvalue weighted by Gasteiger charge is -2.17. The average molecular weight is 1350 g/mol. The summed E-state index contributed by atoms with van der Waals surface area (Å²) < 4.78 is 107. The van der Waals surface area contributed by atoms with Gasteiger partial charge in [0.2, 0.25) is 17.7 Å². The minimum Gasteiger partial charge on any atom is -0.395 e. The van der Waals surface area contributed by atoms with Crippen molar-refractivity contribution in [3.63, 3.8) is 0 Å². The largest absolute Gasteiger partial charge is 0.586 e. The Balaban J connectivity index is 0.000000121. The van der Waals surface area contributed by atoms with E-state index in [0.717, 1.165) is 55.6 Å². The summed E-state index contributed by atoms with van der Waals surface area (Å²) in [5.41, 5.74) is 12.2. The van der Waals surface area contributed by atoms with Crippen LogP contribution in [0.5, 0.6) is 34.5 Å². The van der Waals surface area contributed by atoms with E-state index in [1.807, 2.05) is 99.6 Å². The van der Waals surface area contributed by atoms with Gasteiger partial charge < -0.3 is 60.0 Å². The van der Waals surface area contributed by atoms with Crippen molar-refractivity contribution in [1.29, 1.82) is 0 Å². The Hall–Kier alpha value is -11.6. The molecule has 0 radical (unpaired) electrons. The zero-order chi connectivity index (χ0) is 69.1. The maximum Gasteiger partial charge on any atom is 0.586 e. The highest BCUT2D eigenvalue weighted by Gasteiger charge is 2.56. The maximum atomic E-state index is 13.4. The molecular formula is C75H58F6N6O12. The molecule has 8 aliphatic rings. The van der Waals surface area contributed by atoms with Gasteiger partial charge in [-0.05, 0) is 235 Å². The molecule has 6 N–H and O–H groups in total. The SMILES string of the molecule is Cc1ccc(NC(=O)C2(c3ccc4c(c3)OC(F)(F)O4)CC2)cc1-c1ccc2c(c1)C(=O)NC2.Cc1ccc(NC(=O)C2(c3ccc4c(c3)OC(F)(F)O4)CC2)cc1-c1ccc2c(c1)CNC2=O.Cc1ccc(NC(=O)C2(c3ccc4c(c3)OC(F)(F)O4)CC2)cc1-c1ccc[nH]c1=O. The molecule has 0 bridgehead atoms. The zero-order valence-electron chi connectivity index (χ0n) is 52.9. The number of carbonyl (C=O) groups excluding carboxylic acids is 5. The molecule has 5 aliphatic heterocycles. The number of amides is 5. The van der Waals surface area contributed by atoms with Gasteiger partial charge in [0.05, 0.1) is 16.2 Å². The Labute approximate surface area is 559 Å². The molecule has 24 heteroatoms. The number of hydrogen-bond donors (Lipinski definition) is 6. The molecule has 1 aromatic heterocycles. The highest BCUT2D eigenvalue weighted by Crippen LogP contribution is 2.56. The number of alkyl halides is 6. The van der Waals surface area contributed by atoms with E-state index in [0.29, 0.717) is 102 Å². The van der Waals surface area contributed by atoms with Crippen LogP contribution < -0.4 is 60.6 Å². The first-order valence-corrected chi connectivity index (χ1v) is 31.7. The van der Waals surface area contributed by atoms with Crippen LogP contribution in [0.4, 0.5) is 43.4 Å². The number of ether oxygens (including phenoxy) is 6. The van der Waals surface area contributed by atoms with Crippen molar-refractivity contribution in [3.05, 3.63) is 230 Å². The first-order chi connectivity index (χ1) is 47.2. The Bertz CT molecular complexity index is 5010. The van der Waals surface area contributed by atoms with Crippen molar-refractivity contribution in [2.45, 2.75) is 108 Å². The van der Waals surface area contributed by atoms with Gasteiger partial charge in [-0.25, -0.2) is 0 Å². The first-order valence-electron chi connectivity index (χ1n) is 31.7. The van der Waals surface area contributed by atoms with Crippen molar-refractivity contribution < 1.29 is 78.7 Å². The highest BCUT2D eigenvalue weighted by molar-refractivity contribution is 6.05. The molecule has 0 unspecified atom stereocenters. The number of carbonyl (C=O) groups is 5. The quantitative estimate of drug-likeness (QED) is 0.0627. The molecule has 18 nitrogen and oxygen atoms in total. The number of fused-ring (bicyclic) bond motifs is 5. The summed E-state index contributed by atoms with van der Waals surface area (Å²) in [5, 5.41) is 14.5. The smallest absolute Gasteiger partial charge is 0.395 e. The number of hydrogen-bond acceptors (Lipinski definition) is 12. The third-order valence-electron chi connectivity index (χ3n) is 19.2. The molecule has 8 aromatic carbocycles. The molecule has 6 heterocycles. The van der Waals surface area contributed by atoms with Gasteiger partial charge in [0.15, 0.2) is 34.5 Å². The van der Waals surface area contributed by atoms with Gasteiger partial charge in [0.1, 0.15) is 0 Å². The maximum absolute atomic E-state index is 13.4. The Morgan fingerprint density at radius 2 is 0.758 bits per heavy atom. The topological polar surface area (TPSA) is 234 Å². The van der Waals surface area contributed by atoms with E-state index in [1.165, 1.54) is 36.4 Å². The molecule has 3 aliphatic carbocycles. The summed E-state index contributed by atoms with van der Waals surface area (Å²) in [4.78, 5) is 78.4. The Morgan fingerprint density at radius 1 is 0.374 bits per heavy atom. The molecule has 99 heavy (non-hydrogen) atoms. The fourth-order valence-electron chi connectivity index (χ4n) is 13.2. The van der Waals surface area contributed by atoms with E-state index in [9.17, 15) is 55.1 Å². The summed E-state index contributed by atoms with van der Waals surface area (Å²) in [6, 6.07) is 45.1. The van der Waals surface area contributed by atoms with E-state index in [2.05, 4.69) is 60.0 Å². The second kappa shape index (κ2) is 23.3. The second-order valence-corrected chi connectivity index (χ2v) is 25.7. The van der Waals surface area contributed by atoms with Crippen molar-refractivity contribution in [3.8, 4) is 67.9 Å². The fraction of sp³-hybridized carbons (Fsp3) is 0.227. The Morgan fingerprint density at radius 3 is 1.19 bits per heavy atom. The molecule has 0 atom stereocenters. The van der Waals surface area contributed by atoms with Crippen LogP contribution >= 0.6 is 0 Å². The molecule has 3 fully saturated rings. The van der Waals surface area contributed by atoms with Crippen molar-refractivity contribution in [1.82, 2.24) is 15.6 Å². The summed E-state index contributed by atoms with van der Waals surface area (Å²) in [7, 11) is 0.